The van der Waals surface area contributed by atoms with Crippen molar-refractivity contribution in [2.24, 2.45) is 0 Å². The quantitative estimate of drug-likeness (QED) is 0.854. The first kappa shape index (κ1) is 13.4. The lowest BCUT2D eigenvalue weighted by atomic mass is 10.1. The lowest BCUT2D eigenvalue weighted by Gasteiger charge is -2.30. The topological polar surface area (TPSA) is 74.7 Å². The summed E-state index contributed by atoms with van der Waals surface area (Å²) < 4.78 is 25.7. The van der Waals surface area contributed by atoms with Crippen molar-refractivity contribution >= 4 is 21.6 Å². The van der Waals surface area contributed by atoms with E-state index in [9.17, 15) is 18.3 Å². The first-order chi connectivity index (χ1) is 8.91. The van der Waals surface area contributed by atoms with E-state index in [1.54, 1.807) is 12.1 Å². The van der Waals surface area contributed by atoms with Gasteiger partial charge in [-0.05, 0) is 12.1 Å². The highest BCUT2D eigenvalue weighted by Gasteiger charge is 2.37. The molecule has 0 bridgehead atoms. The minimum Gasteiger partial charge on any atom is -0.505 e. The van der Waals surface area contributed by atoms with E-state index in [-0.39, 0.29) is 28.5 Å². The van der Waals surface area contributed by atoms with Crippen LogP contribution in [0.1, 0.15) is 12.5 Å². The van der Waals surface area contributed by atoms with Crippen LogP contribution in [0.2, 0.25) is 0 Å². The second kappa shape index (κ2) is 4.55. The molecule has 0 aromatic heterocycles. The Hall–Kier alpha value is -2.08. The van der Waals surface area contributed by atoms with Crippen LogP contribution in [0, 0.1) is 0 Å². The smallest absolute Gasteiger partial charge is 0.265 e. The van der Waals surface area contributed by atoms with Crippen molar-refractivity contribution in [1.29, 1.82) is 0 Å². The summed E-state index contributed by atoms with van der Waals surface area (Å²) in [5.74, 6) is -0.836. The van der Waals surface area contributed by atoms with Crippen molar-refractivity contribution in [2.45, 2.75) is 11.8 Å². The number of Topliss-reactive ketones (excluding diaryl/α,β-unsaturated/α-hetero) is 1. The van der Waals surface area contributed by atoms with Gasteiger partial charge in [-0.15, -0.1) is 6.58 Å². The maximum absolute atomic E-state index is 12.4. The zero-order valence-corrected chi connectivity index (χ0v) is 11.1. The lowest BCUT2D eigenvalue weighted by molar-refractivity contribution is -0.114. The van der Waals surface area contributed by atoms with E-state index >= 15 is 0 Å². The van der Waals surface area contributed by atoms with Crippen molar-refractivity contribution in [3.05, 3.63) is 48.2 Å². The largest absolute Gasteiger partial charge is 0.505 e. The van der Waals surface area contributed by atoms with Crippen LogP contribution in [0.15, 0.2) is 47.5 Å². The maximum Gasteiger partial charge on any atom is 0.265 e. The third kappa shape index (κ3) is 1.94. The molecule has 5 nitrogen and oxygen atoms in total. The second-order valence-electron chi connectivity index (χ2n) is 4.07. The molecule has 0 spiro atoms. The summed E-state index contributed by atoms with van der Waals surface area (Å²) in [6.45, 7) is 4.61. The summed E-state index contributed by atoms with van der Waals surface area (Å²) in [5.41, 5.74) is -0.0772. The van der Waals surface area contributed by atoms with Crippen molar-refractivity contribution in [3.8, 4) is 0 Å². The third-order valence-corrected chi connectivity index (χ3v) is 4.64. The maximum atomic E-state index is 12.4. The number of hydrogen-bond acceptors (Lipinski definition) is 4. The summed E-state index contributed by atoms with van der Waals surface area (Å²) in [6.07, 6.45) is 1.36. The van der Waals surface area contributed by atoms with Crippen LogP contribution < -0.4 is 0 Å². The van der Waals surface area contributed by atoms with Crippen LogP contribution in [0.5, 0.6) is 0 Å². The monoisotopic (exact) mass is 279 g/mol. The number of hydrogen-bond donors (Lipinski definition) is 1. The van der Waals surface area contributed by atoms with Gasteiger partial charge in [-0.3, -0.25) is 9.10 Å². The standard InChI is InChI=1S/C13H13NO4S/c1-3-8-14-12(9(2)15)13(16)10-6-4-5-7-11(10)19(14,17)18/h3-7,16H,1,8H2,2H3. The van der Waals surface area contributed by atoms with Gasteiger partial charge in [-0.2, -0.15) is 0 Å². The summed E-state index contributed by atoms with van der Waals surface area (Å²) in [5, 5.41) is 10.1. The Balaban J connectivity index is 2.83. The molecule has 0 fully saturated rings. The molecule has 0 saturated heterocycles. The fraction of sp³-hybridized carbons (Fsp3) is 0.154. The molecule has 0 saturated carbocycles. The highest BCUT2D eigenvalue weighted by molar-refractivity contribution is 7.89. The molecular weight excluding hydrogens is 266 g/mol. The number of aliphatic hydroxyl groups is 1. The van der Waals surface area contributed by atoms with Crippen molar-refractivity contribution in [2.75, 3.05) is 6.54 Å². The van der Waals surface area contributed by atoms with Gasteiger partial charge in [-0.1, -0.05) is 18.2 Å². The van der Waals surface area contributed by atoms with Crippen LogP contribution in [0.25, 0.3) is 5.76 Å². The van der Waals surface area contributed by atoms with Gasteiger partial charge in [0.1, 0.15) is 5.70 Å². The molecule has 19 heavy (non-hydrogen) atoms. The van der Waals surface area contributed by atoms with Gasteiger partial charge in [0.2, 0.25) is 0 Å². The Kier molecular flexibility index (Phi) is 3.20. The molecule has 0 unspecified atom stereocenters. The number of fused-ring (bicyclic) bond motifs is 1. The van der Waals surface area contributed by atoms with E-state index in [0.717, 1.165) is 4.31 Å². The minimum atomic E-state index is -3.85. The molecule has 1 aliphatic rings. The molecule has 6 heteroatoms. The molecule has 0 radical (unpaired) electrons. The molecule has 1 heterocycles. The zero-order valence-electron chi connectivity index (χ0n) is 10.3. The van der Waals surface area contributed by atoms with Crippen LogP contribution in [0.3, 0.4) is 0 Å². The highest BCUT2D eigenvalue weighted by atomic mass is 32.2. The van der Waals surface area contributed by atoms with Gasteiger partial charge in [-0.25, -0.2) is 8.42 Å². The van der Waals surface area contributed by atoms with E-state index in [0.29, 0.717) is 0 Å². The Bertz CT molecular complexity index is 688. The highest BCUT2D eigenvalue weighted by Crippen LogP contribution is 2.35. The Morgan fingerprint density at radius 1 is 1.42 bits per heavy atom. The lowest BCUT2D eigenvalue weighted by Crippen LogP contribution is -2.37. The van der Waals surface area contributed by atoms with Crippen LogP contribution in [0.4, 0.5) is 0 Å². The SMILES string of the molecule is C=CCN1C(C(C)=O)=C(O)c2ccccc2S1(=O)=O. The van der Waals surface area contributed by atoms with Crippen LogP contribution in [-0.2, 0) is 14.8 Å². The number of sulfonamides is 1. The van der Waals surface area contributed by atoms with E-state index in [1.165, 1.54) is 25.1 Å². The number of carbonyl (C=O) groups excluding carboxylic acids is 1. The first-order valence-corrected chi connectivity index (χ1v) is 7.02. The average molecular weight is 279 g/mol. The Morgan fingerprint density at radius 2 is 2.05 bits per heavy atom. The average Bonchev–Trinajstić information content (AvgIpc) is 2.36. The second-order valence-corrected chi connectivity index (χ2v) is 5.91. The zero-order chi connectivity index (χ0) is 14.2. The number of allylic oxidation sites excluding steroid dienone is 1. The molecular formula is C13H13NO4S. The molecule has 1 aliphatic heterocycles. The molecule has 1 aromatic carbocycles. The molecule has 1 aromatic rings. The predicted octanol–water partition coefficient (Wildman–Crippen LogP) is 1.69. The summed E-state index contributed by atoms with van der Waals surface area (Å²) in [4.78, 5) is 11.6. The molecule has 0 atom stereocenters. The van der Waals surface area contributed by atoms with Crippen LogP contribution in [-0.4, -0.2) is 30.2 Å². The molecule has 1 N–H and O–H groups in total. The van der Waals surface area contributed by atoms with Crippen LogP contribution >= 0.6 is 0 Å². The summed E-state index contributed by atoms with van der Waals surface area (Å²) in [6, 6.07) is 6.03. The number of benzene rings is 1. The molecule has 2 rings (SSSR count). The Labute approximate surface area is 111 Å². The Morgan fingerprint density at radius 3 is 2.63 bits per heavy atom. The van der Waals surface area contributed by atoms with Gasteiger partial charge in [0.25, 0.3) is 10.0 Å². The van der Waals surface area contributed by atoms with Gasteiger partial charge >= 0.3 is 0 Å². The fourth-order valence-electron chi connectivity index (χ4n) is 2.02. The van der Waals surface area contributed by atoms with E-state index < -0.39 is 15.8 Å². The predicted molar refractivity (Wildman–Crippen MR) is 70.8 cm³/mol. The van der Waals surface area contributed by atoms with Gasteiger partial charge in [0.15, 0.2) is 11.5 Å². The molecule has 100 valence electrons. The summed E-state index contributed by atoms with van der Waals surface area (Å²) >= 11 is 0. The fourth-order valence-corrected chi connectivity index (χ4v) is 3.71. The molecule has 0 aliphatic carbocycles. The number of ketones is 1. The molecule has 0 amide bonds. The number of rotatable bonds is 3. The van der Waals surface area contributed by atoms with Crippen molar-refractivity contribution in [3.63, 3.8) is 0 Å². The normalized spacial score (nSPS) is 17.0. The van der Waals surface area contributed by atoms with E-state index in [2.05, 4.69) is 6.58 Å². The number of carbonyl (C=O) groups is 1. The van der Waals surface area contributed by atoms with E-state index in [1.807, 2.05) is 0 Å². The van der Waals surface area contributed by atoms with Gasteiger partial charge < -0.3 is 5.11 Å². The van der Waals surface area contributed by atoms with Crippen molar-refractivity contribution in [1.82, 2.24) is 4.31 Å². The first-order valence-electron chi connectivity index (χ1n) is 5.58. The van der Waals surface area contributed by atoms with Crippen molar-refractivity contribution < 1.29 is 18.3 Å². The van der Waals surface area contributed by atoms with E-state index in [4.69, 9.17) is 0 Å². The van der Waals surface area contributed by atoms with Gasteiger partial charge in [0.05, 0.1) is 11.4 Å². The third-order valence-electron chi connectivity index (χ3n) is 2.81. The summed E-state index contributed by atoms with van der Waals surface area (Å²) in [7, 11) is -3.85. The van der Waals surface area contributed by atoms with Gasteiger partial charge in [0, 0.05) is 12.5 Å². The minimum absolute atomic E-state index is 0.0145. The number of aliphatic hydroxyl groups excluding tert-OH is 1. The number of nitrogens with zero attached hydrogens (tertiary/aromatic N) is 1.